The molecule has 6 nitrogen and oxygen atoms in total. The second kappa shape index (κ2) is 6.04. The Labute approximate surface area is 121 Å². The van der Waals surface area contributed by atoms with Gasteiger partial charge in [0.05, 0.1) is 5.69 Å². The molecule has 2 rings (SSSR count). The number of carbonyl (C=O) groups is 3. The van der Waals surface area contributed by atoms with Crippen LogP contribution >= 0.6 is 0 Å². The first-order chi connectivity index (χ1) is 10.0. The standard InChI is InChI=1S/C15H15N3O3/c1-10(20)11-3-5-12(6-4-11)17-15(21)14-7-13(16-9-19)8-18(14)2/h3-9H,1-2H3,(H,16,19)(H,17,21). The monoisotopic (exact) mass is 285 g/mol. The van der Waals surface area contributed by atoms with E-state index in [1.54, 1.807) is 48.1 Å². The van der Waals surface area contributed by atoms with E-state index in [-0.39, 0.29) is 11.7 Å². The zero-order valence-electron chi connectivity index (χ0n) is 11.7. The van der Waals surface area contributed by atoms with Gasteiger partial charge in [0.25, 0.3) is 5.91 Å². The van der Waals surface area contributed by atoms with Gasteiger partial charge in [-0.15, -0.1) is 0 Å². The summed E-state index contributed by atoms with van der Waals surface area (Å²) in [6, 6.07) is 8.22. The molecule has 0 aliphatic heterocycles. The Kier molecular flexibility index (Phi) is 4.18. The van der Waals surface area contributed by atoms with Crippen molar-refractivity contribution in [2.45, 2.75) is 6.92 Å². The van der Waals surface area contributed by atoms with E-state index in [0.717, 1.165) is 0 Å². The van der Waals surface area contributed by atoms with Crippen LogP contribution in [0.1, 0.15) is 27.8 Å². The zero-order valence-corrected chi connectivity index (χ0v) is 11.7. The predicted molar refractivity (Wildman–Crippen MR) is 79.5 cm³/mol. The number of aromatic nitrogens is 1. The van der Waals surface area contributed by atoms with E-state index >= 15 is 0 Å². The summed E-state index contributed by atoms with van der Waals surface area (Å²) < 4.78 is 1.62. The van der Waals surface area contributed by atoms with E-state index in [1.165, 1.54) is 6.92 Å². The third-order valence-electron chi connectivity index (χ3n) is 3.01. The Balaban J connectivity index is 2.13. The van der Waals surface area contributed by atoms with Crippen molar-refractivity contribution in [1.82, 2.24) is 4.57 Å². The van der Waals surface area contributed by atoms with Crippen molar-refractivity contribution in [1.29, 1.82) is 0 Å². The van der Waals surface area contributed by atoms with Crippen LogP contribution < -0.4 is 10.6 Å². The van der Waals surface area contributed by atoms with Gasteiger partial charge in [-0.1, -0.05) is 0 Å². The van der Waals surface area contributed by atoms with Gasteiger partial charge in [-0.3, -0.25) is 14.4 Å². The molecule has 0 fully saturated rings. The summed E-state index contributed by atoms with van der Waals surface area (Å²) in [6.07, 6.45) is 2.19. The number of Topliss-reactive ketones (excluding diaryl/α,β-unsaturated/α-hetero) is 1. The van der Waals surface area contributed by atoms with Gasteiger partial charge in [0, 0.05) is 24.5 Å². The molecule has 0 spiro atoms. The molecule has 0 saturated heterocycles. The second-order valence-corrected chi connectivity index (χ2v) is 4.57. The molecule has 6 heteroatoms. The van der Waals surface area contributed by atoms with Crippen LogP contribution in [0.15, 0.2) is 36.5 Å². The van der Waals surface area contributed by atoms with E-state index in [1.807, 2.05) is 0 Å². The highest BCUT2D eigenvalue weighted by Crippen LogP contribution is 2.15. The average Bonchev–Trinajstić information content (AvgIpc) is 2.81. The molecule has 0 bridgehead atoms. The number of aryl methyl sites for hydroxylation is 1. The molecule has 0 radical (unpaired) electrons. The van der Waals surface area contributed by atoms with Crippen LogP contribution in [0.5, 0.6) is 0 Å². The number of rotatable bonds is 5. The molecule has 1 aromatic heterocycles. The topological polar surface area (TPSA) is 80.2 Å². The Hall–Kier alpha value is -2.89. The molecular formula is C15H15N3O3. The van der Waals surface area contributed by atoms with Gasteiger partial charge < -0.3 is 15.2 Å². The van der Waals surface area contributed by atoms with Crippen LogP contribution in [0.3, 0.4) is 0 Å². The van der Waals surface area contributed by atoms with Crippen LogP contribution in [0, 0.1) is 0 Å². The molecule has 1 heterocycles. The third kappa shape index (κ3) is 3.36. The zero-order chi connectivity index (χ0) is 15.4. The van der Waals surface area contributed by atoms with Crippen LogP contribution in [0.4, 0.5) is 11.4 Å². The van der Waals surface area contributed by atoms with Crippen molar-refractivity contribution in [3.05, 3.63) is 47.8 Å². The number of hydrogen-bond acceptors (Lipinski definition) is 3. The molecule has 2 amide bonds. The number of hydrogen-bond donors (Lipinski definition) is 2. The highest BCUT2D eigenvalue weighted by Gasteiger charge is 2.12. The van der Waals surface area contributed by atoms with E-state index in [4.69, 9.17) is 0 Å². The van der Waals surface area contributed by atoms with Crippen molar-refractivity contribution in [2.75, 3.05) is 10.6 Å². The maximum Gasteiger partial charge on any atom is 0.272 e. The smallest absolute Gasteiger partial charge is 0.272 e. The molecule has 21 heavy (non-hydrogen) atoms. The van der Waals surface area contributed by atoms with Gasteiger partial charge in [-0.2, -0.15) is 0 Å². The van der Waals surface area contributed by atoms with E-state index in [9.17, 15) is 14.4 Å². The SMILES string of the molecule is CC(=O)c1ccc(NC(=O)c2cc(NC=O)cn2C)cc1. The second-order valence-electron chi connectivity index (χ2n) is 4.57. The number of nitrogens with one attached hydrogen (secondary N) is 2. The molecule has 0 saturated carbocycles. The van der Waals surface area contributed by atoms with Crippen LogP contribution in [-0.4, -0.2) is 22.7 Å². The summed E-state index contributed by atoms with van der Waals surface area (Å²) in [5.74, 6) is -0.327. The molecule has 0 atom stereocenters. The maximum atomic E-state index is 12.2. The highest BCUT2D eigenvalue weighted by atomic mass is 16.2. The van der Waals surface area contributed by atoms with E-state index < -0.39 is 0 Å². The van der Waals surface area contributed by atoms with Crippen molar-refractivity contribution >= 4 is 29.5 Å². The lowest BCUT2D eigenvalue weighted by Crippen LogP contribution is -2.15. The quantitative estimate of drug-likeness (QED) is 0.651. The summed E-state index contributed by atoms with van der Waals surface area (Å²) in [7, 11) is 1.71. The van der Waals surface area contributed by atoms with Crippen molar-refractivity contribution in [3.63, 3.8) is 0 Å². The van der Waals surface area contributed by atoms with Gasteiger partial charge >= 0.3 is 0 Å². The van der Waals surface area contributed by atoms with E-state index in [2.05, 4.69) is 10.6 Å². The van der Waals surface area contributed by atoms with Gasteiger partial charge in [0.1, 0.15) is 5.69 Å². The molecule has 0 aliphatic rings. The molecule has 0 unspecified atom stereocenters. The Bertz CT molecular complexity index is 687. The largest absolute Gasteiger partial charge is 0.344 e. The minimum absolute atomic E-state index is 0.0279. The number of benzene rings is 1. The molecule has 2 N–H and O–H groups in total. The molecule has 1 aromatic carbocycles. The summed E-state index contributed by atoms with van der Waals surface area (Å²) >= 11 is 0. The molecule has 108 valence electrons. The first-order valence-electron chi connectivity index (χ1n) is 6.30. The van der Waals surface area contributed by atoms with Crippen LogP contribution in [0.2, 0.25) is 0 Å². The van der Waals surface area contributed by atoms with Crippen LogP contribution in [0.25, 0.3) is 0 Å². The molecule has 2 aromatic rings. The lowest BCUT2D eigenvalue weighted by molar-refractivity contribution is -0.105. The number of ketones is 1. The summed E-state index contributed by atoms with van der Waals surface area (Å²) in [4.78, 5) is 33.7. The fourth-order valence-corrected chi connectivity index (χ4v) is 1.92. The minimum Gasteiger partial charge on any atom is -0.344 e. The Morgan fingerprint density at radius 3 is 2.38 bits per heavy atom. The number of carbonyl (C=O) groups excluding carboxylic acids is 3. The number of nitrogens with zero attached hydrogens (tertiary/aromatic N) is 1. The maximum absolute atomic E-state index is 12.2. The van der Waals surface area contributed by atoms with Crippen LogP contribution in [-0.2, 0) is 11.8 Å². The highest BCUT2D eigenvalue weighted by molar-refractivity contribution is 6.04. The van der Waals surface area contributed by atoms with Gasteiger partial charge in [0.2, 0.25) is 6.41 Å². The average molecular weight is 285 g/mol. The summed E-state index contributed by atoms with van der Waals surface area (Å²) in [5, 5.41) is 5.22. The number of anilines is 2. The normalized spacial score (nSPS) is 10.0. The van der Waals surface area contributed by atoms with Gasteiger partial charge in [-0.25, -0.2) is 0 Å². The number of amides is 2. The van der Waals surface area contributed by atoms with Gasteiger partial charge in [0.15, 0.2) is 5.78 Å². The Morgan fingerprint density at radius 1 is 1.14 bits per heavy atom. The summed E-state index contributed by atoms with van der Waals surface area (Å²) in [5.41, 5.74) is 2.14. The molecule has 0 aliphatic carbocycles. The van der Waals surface area contributed by atoms with E-state index in [0.29, 0.717) is 29.0 Å². The first kappa shape index (κ1) is 14.5. The van der Waals surface area contributed by atoms with Crippen molar-refractivity contribution in [2.24, 2.45) is 7.05 Å². The fraction of sp³-hybridized carbons (Fsp3) is 0.133. The van der Waals surface area contributed by atoms with Crippen molar-refractivity contribution < 1.29 is 14.4 Å². The lowest BCUT2D eigenvalue weighted by atomic mass is 10.1. The third-order valence-corrected chi connectivity index (χ3v) is 3.01. The minimum atomic E-state index is -0.299. The van der Waals surface area contributed by atoms with Crippen molar-refractivity contribution in [3.8, 4) is 0 Å². The fourth-order valence-electron chi connectivity index (χ4n) is 1.92. The Morgan fingerprint density at radius 2 is 1.81 bits per heavy atom. The summed E-state index contributed by atoms with van der Waals surface area (Å²) in [6.45, 7) is 1.49. The lowest BCUT2D eigenvalue weighted by Gasteiger charge is -2.06. The predicted octanol–water partition coefficient (Wildman–Crippen LogP) is 2.05. The van der Waals surface area contributed by atoms with Gasteiger partial charge in [-0.05, 0) is 37.3 Å². The molecular weight excluding hydrogens is 270 g/mol. The first-order valence-corrected chi connectivity index (χ1v) is 6.30.